The van der Waals surface area contributed by atoms with Crippen molar-refractivity contribution in [1.82, 2.24) is 10.2 Å². The van der Waals surface area contributed by atoms with Gasteiger partial charge in [0.15, 0.2) is 0 Å². The fraction of sp³-hybridized carbons (Fsp3) is 0.429. The number of carbonyl (C=O) groups excluding carboxylic acids is 1. The Balaban J connectivity index is 1.94. The van der Waals surface area contributed by atoms with E-state index in [4.69, 9.17) is 10.00 Å². The summed E-state index contributed by atoms with van der Waals surface area (Å²) < 4.78 is 5.36. The Labute approximate surface area is 118 Å². The minimum absolute atomic E-state index is 0.0472. The maximum absolute atomic E-state index is 11.7. The average Bonchev–Trinajstić information content (AvgIpc) is 2.52. The number of ether oxygens (including phenoxy) is 1. The van der Waals surface area contributed by atoms with E-state index in [9.17, 15) is 4.79 Å². The molecule has 1 N–H and O–H groups in total. The monoisotopic (exact) mass is 274 g/mol. The van der Waals surface area contributed by atoms with Crippen molar-refractivity contribution in [3.63, 3.8) is 0 Å². The maximum Gasteiger partial charge on any atom is 0.318 e. The normalized spacial score (nSPS) is 14.6. The van der Waals surface area contributed by atoms with E-state index in [2.05, 4.69) is 10.2 Å². The molecule has 1 saturated heterocycles. The van der Waals surface area contributed by atoms with E-state index in [1.807, 2.05) is 30.3 Å². The molecule has 0 spiro atoms. The van der Waals surface area contributed by atoms with E-state index < -0.39 is 0 Å². The molecule has 0 aliphatic carbocycles. The molecular weight excluding hydrogens is 256 g/mol. The van der Waals surface area contributed by atoms with Crippen LogP contribution in [0.3, 0.4) is 0 Å². The number of para-hydroxylation sites is 2. The summed E-state index contributed by atoms with van der Waals surface area (Å²) in [6.07, 6.45) is 0. The van der Waals surface area contributed by atoms with Crippen molar-refractivity contribution < 1.29 is 9.53 Å². The van der Waals surface area contributed by atoms with E-state index in [-0.39, 0.29) is 12.6 Å². The lowest BCUT2D eigenvalue weighted by Crippen LogP contribution is -2.52. The minimum atomic E-state index is -0.175. The summed E-state index contributed by atoms with van der Waals surface area (Å²) in [7, 11) is 1.66. The Morgan fingerprint density at radius 2 is 2.05 bits per heavy atom. The number of piperazine rings is 1. The van der Waals surface area contributed by atoms with Crippen molar-refractivity contribution in [3.8, 4) is 11.8 Å². The van der Waals surface area contributed by atoms with Gasteiger partial charge in [0.2, 0.25) is 0 Å². The van der Waals surface area contributed by atoms with Gasteiger partial charge in [0.1, 0.15) is 12.3 Å². The van der Waals surface area contributed by atoms with Crippen LogP contribution in [-0.4, -0.2) is 50.8 Å². The van der Waals surface area contributed by atoms with E-state index in [0.29, 0.717) is 13.1 Å². The number of amides is 2. The lowest BCUT2D eigenvalue weighted by Gasteiger charge is -2.36. The highest BCUT2D eigenvalue weighted by atomic mass is 16.5. The van der Waals surface area contributed by atoms with Gasteiger partial charge in [-0.1, -0.05) is 12.1 Å². The molecule has 0 atom stereocenters. The van der Waals surface area contributed by atoms with Crippen LogP contribution in [0.15, 0.2) is 24.3 Å². The molecule has 0 radical (unpaired) electrons. The van der Waals surface area contributed by atoms with Gasteiger partial charge in [0, 0.05) is 26.2 Å². The molecule has 0 bridgehead atoms. The molecule has 1 aromatic rings. The van der Waals surface area contributed by atoms with Gasteiger partial charge in [-0.05, 0) is 12.1 Å². The number of anilines is 1. The third kappa shape index (κ3) is 3.12. The molecule has 0 aromatic heterocycles. The molecule has 106 valence electrons. The number of hydrogen-bond donors (Lipinski definition) is 1. The van der Waals surface area contributed by atoms with Crippen molar-refractivity contribution in [2.24, 2.45) is 0 Å². The summed E-state index contributed by atoms with van der Waals surface area (Å²) in [5.74, 6) is 0.842. The molecule has 0 saturated carbocycles. The fourth-order valence-electron chi connectivity index (χ4n) is 2.27. The third-order valence-corrected chi connectivity index (χ3v) is 3.31. The zero-order chi connectivity index (χ0) is 14.4. The molecule has 1 aliphatic heterocycles. The van der Waals surface area contributed by atoms with Crippen molar-refractivity contribution in [2.75, 3.05) is 44.7 Å². The number of nitrogens with zero attached hydrogens (tertiary/aromatic N) is 3. The van der Waals surface area contributed by atoms with E-state index >= 15 is 0 Å². The summed E-state index contributed by atoms with van der Waals surface area (Å²) in [6.45, 7) is 2.82. The molecule has 6 heteroatoms. The van der Waals surface area contributed by atoms with Crippen LogP contribution in [0.25, 0.3) is 0 Å². The molecule has 1 aliphatic rings. The maximum atomic E-state index is 11.7. The quantitative estimate of drug-likeness (QED) is 0.837. The fourth-order valence-corrected chi connectivity index (χ4v) is 2.27. The SMILES string of the molecule is COc1ccccc1N1CCN(C(=O)NCC#N)CC1. The summed E-state index contributed by atoms with van der Waals surface area (Å²) >= 11 is 0. The first-order valence-electron chi connectivity index (χ1n) is 6.54. The van der Waals surface area contributed by atoms with E-state index in [1.54, 1.807) is 12.0 Å². The second kappa shape index (κ2) is 6.66. The van der Waals surface area contributed by atoms with Crippen LogP contribution in [0, 0.1) is 11.3 Å². The van der Waals surface area contributed by atoms with Crippen LogP contribution in [0.2, 0.25) is 0 Å². The van der Waals surface area contributed by atoms with Gasteiger partial charge in [-0.2, -0.15) is 5.26 Å². The number of nitrogens with one attached hydrogen (secondary N) is 1. The highest BCUT2D eigenvalue weighted by Gasteiger charge is 2.22. The first-order valence-corrected chi connectivity index (χ1v) is 6.54. The van der Waals surface area contributed by atoms with Crippen molar-refractivity contribution in [3.05, 3.63) is 24.3 Å². The summed E-state index contributed by atoms with van der Waals surface area (Å²) in [5.41, 5.74) is 1.05. The van der Waals surface area contributed by atoms with Gasteiger partial charge in [-0.3, -0.25) is 0 Å². The minimum Gasteiger partial charge on any atom is -0.495 e. The molecule has 6 nitrogen and oxygen atoms in total. The van der Waals surface area contributed by atoms with Gasteiger partial charge in [-0.25, -0.2) is 4.79 Å². The Hall–Kier alpha value is -2.42. The highest BCUT2D eigenvalue weighted by molar-refractivity contribution is 5.75. The number of carbonyl (C=O) groups is 1. The van der Waals surface area contributed by atoms with E-state index in [0.717, 1.165) is 24.5 Å². The lowest BCUT2D eigenvalue weighted by atomic mass is 10.2. The standard InChI is InChI=1S/C14H18N4O2/c1-20-13-5-3-2-4-12(13)17-8-10-18(11-9-17)14(19)16-7-6-15/h2-5H,7-11H2,1H3,(H,16,19). The number of urea groups is 1. The topological polar surface area (TPSA) is 68.6 Å². The predicted molar refractivity (Wildman–Crippen MR) is 75.8 cm³/mol. The Morgan fingerprint density at radius 3 is 2.70 bits per heavy atom. The summed E-state index contributed by atoms with van der Waals surface area (Å²) in [5, 5.41) is 11.0. The Kier molecular flexibility index (Phi) is 4.66. The summed E-state index contributed by atoms with van der Waals surface area (Å²) in [6, 6.07) is 9.59. The van der Waals surface area contributed by atoms with Crippen LogP contribution in [0.4, 0.5) is 10.5 Å². The zero-order valence-corrected chi connectivity index (χ0v) is 11.5. The first kappa shape index (κ1) is 14.0. The number of nitriles is 1. The van der Waals surface area contributed by atoms with E-state index in [1.165, 1.54) is 0 Å². The van der Waals surface area contributed by atoms with Crippen LogP contribution < -0.4 is 15.0 Å². The van der Waals surface area contributed by atoms with Gasteiger partial charge in [-0.15, -0.1) is 0 Å². The zero-order valence-electron chi connectivity index (χ0n) is 11.5. The molecule has 0 unspecified atom stereocenters. The average molecular weight is 274 g/mol. The molecule has 2 rings (SSSR count). The van der Waals surface area contributed by atoms with Gasteiger partial charge in [0.25, 0.3) is 0 Å². The van der Waals surface area contributed by atoms with Crippen molar-refractivity contribution in [1.29, 1.82) is 5.26 Å². The van der Waals surface area contributed by atoms with Crippen LogP contribution in [-0.2, 0) is 0 Å². The predicted octanol–water partition coefficient (Wildman–Crippen LogP) is 1.05. The highest BCUT2D eigenvalue weighted by Crippen LogP contribution is 2.28. The molecule has 20 heavy (non-hydrogen) atoms. The number of benzene rings is 1. The smallest absolute Gasteiger partial charge is 0.318 e. The molecule has 1 fully saturated rings. The number of rotatable bonds is 3. The van der Waals surface area contributed by atoms with Crippen molar-refractivity contribution >= 4 is 11.7 Å². The molecular formula is C14H18N4O2. The number of hydrogen-bond acceptors (Lipinski definition) is 4. The summed E-state index contributed by atoms with van der Waals surface area (Å²) in [4.78, 5) is 15.7. The second-order valence-electron chi connectivity index (χ2n) is 4.46. The van der Waals surface area contributed by atoms with Gasteiger partial charge < -0.3 is 19.9 Å². The Morgan fingerprint density at radius 1 is 1.35 bits per heavy atom. The van der Waals surface area contributed by atoms with Crippen LogP contribution >= 0.6 is 0 Å². The van der Waals surface area contributed by atoms with Gasteiger partial charge >= 0.3 is 6.03 Å². The molecule has 1 aromatic carbocycles. The number of methoxy groups -OCH3 is 1. The second-order valence-corrected chi connectivity index (χ2v) is 4.46. The first-order chi connectivity index (χ1) is 9.76. The van der Waals surface area contributed by atoms with Crippen molar-refractivity contribution in [2.45, 2.75) is 0 Å². The largest absolute Gasteiger partial charge is 0.495 e. The van der Waals surface area contributed by atoms with Crippen LogP contribution in [0.1, 0.15) is 0 Å². The third-order valence-electron chi connectivity index (χ3n) is 3.31. The molecule has 2 amide bonds. The van der Waals surface area contributed by atoms with Gasteiger partial charge in [0.05, 0.1) is 18.9 Å². The van der Waals surface area contributed by atoms with Crippen LogP contribution in [0.5, 0.6) is 5.75 Å². The Bertz CT molecular complexity index is 504. The lowest BCUT2D eigenvalue weighted by molar-refractivity contribution is 0.195. The molecule has 1 heterocycles.